The lowest BCUT2D eigenvalue weighted by atomic mass is 10.8. The third-order valence-electron chi connectivity index (χ3n) is 0.542. The van der Waals surface area contributed by atoms with Crippen LogP contribution in [0.3, 0.4) is 0 Å². The molecule has 1 heterocycles. The molecule has 1 aromatic rings. The largest absolute Gasteiger partial charge is 0.256 e. The number of aromatic nitrogens is 3. The summed E-state index contributed by atoms with van der Waals surface area (Å²) in [5.41, 5.74) is 0. The minimum Gasteiger partial charge on any atom is -0.256 e. The van der Waals surface area contributed by atoms with Crippen molar-refractivity contribution in [3.63, 3.8) is 0 Å². The summed E-state index contributed by atoms with van der Waals surface area (Å²) in [4.78, 5) is 0. The van der Waals surface area contributed by atoms with Crippen LogP contribution in [0.2, 0.25) is 0 Å². The van der Waals surface area contributed by atoms with E-state index in [2.05, 4.69) is 16.9 Å². The van der Waals surface area contributed by atoms with Gasteiger partial charge >= 0.3 is 0 Å². The quantitative estimate of drug-likeness (QED) is 0.537. The third kappa shape index (κ3) is 12.2. The highest BCUT2D eigenvalue weighted by Gasteiger charge is 1.70. The summed E-state index contributed by atoms with van der Waals surface area (Å²) in [5, 5.41) is 7.12. The predicted octanol–water partition coefficient (Wildman–Crippen LogP) is 2.03. The lowest BCUT2D eigenvalue weighted by Gasteiger charge is -1.74. The van der Waals surface area contributed by atoms with E-state index in [-0.39, 0.29) is 0 Å². The lowest BCUT2D eigenvalue weighted by molar-refractivity contribution is 0.715. The molecule has 3 heteroatoms. The molecule has 0 aliphatic heterocycles. The molecule has 0 aliphatic rings. The van der Waals surface area contributed by atoms with Crippen molar-refractivity contribution in [1.29, 1.82) is 0 Å². The summed E-state index contributed by atoms with van der Waals surface area (Å²) in [6.45, 7) is 9.25. The Bertz CT molecular complexity index is 144. The van der Waals surface area contributed by atoms with Crippen molar-refractivity contribution < 1.29 is 0 Å². The molecule has 0 bridgehead atoms. The van der Waals surface area contributed by atoms with Gasteiger partial charge in [0.25, 0.3) is 0 Å². The molecular formula is C8H17N3. The van der Waals surface area contributed by atoms with Crippen LogP contribution in [0, 0.1) is 0 Å². The summed E-state index contributed by atoms with van der Waals surface area (Å²) < 4.78 is 1.64. The first-order valence-electron chi connectivity index (χ1n) is 3.68. The maximum absolute atomic E-state index is 3.58. The van der Waals surface area contributed by atoms with Gasteiger partial charge in [-0.15, -0.1) is 11.7 Å². The van der Waals surface area contributed by atoms with Crippen molar-refractivity contribution in [2.24, 2.45) is 7.05 Å². The highest BCUT2D eigenvalue weighted by molar-refractivity contribution is 4.59. The fourth-order valence-corrected chi connectivity index (χ4v) is 0.267. The topological polar surface area (TPSA) is 30.7 Å². The van der Waals surface area contributed by atoms with E-state index in [4.69, 9.17) is 0 Å². The number of allylic oxidation sites excluding steroid dienone is 1. The van der Waals surface area contributed by atoms with Crippen molar-refractivity contribution in [1.82, 2.24) is 15.0 Å². The van der Waals surface area contributed by atoms with Crippen LogP contribution in [0.4, 0.5) is 0 Å². The molecule has 64 valence electrons. The van der Waals surface area contributed by atoms with E-state index < -0.39 is 0 Å². The van der Waals surface area contributed by atoms with E-state index in [1.165, 1.54) is 0 Å². The standard InChI is InChI=1S/C3H5N3.C3H6.C2H6/c1-6-3-2-4-5-6;1-3-2;1-2/h2-3H,1H3;3H,1H2,2H3;1-2H3. The lowest BCUT2D eigenvalue weighted by Crippen LogP contribution is -1.85. The molecule has 0 spiro atoms. The number of hydrogen-bond donors (Lipinski definition) is 0. The number of hydrogen-bond acceptors (Lipinski definition) is 2. The van der Waals surface area contributed by atoms with Gasteiger partial charge in [-0.2, -0.15) is 0 Å². The van der Waals surface area contributed by atoms with E-state index in [9.17, 15) is 0 Å². The molecule has 0 radical (unpaired) electrons. The smallest absolute Gasteiger partial charge is 0.0692 e. The molecule has 0 saturated carbocycles. The molecular weight excluding hydrogens is 138 g/mol. The van der Waals surface area contributed by atoms with Gasteiger partial charge in [-0.1, -0.05) is 25.1 Å². The second-order valence-corrected chi connectivity index (χ2v) is 1.48. The summed E-state index contributed by atoms with van der Waals surface area (Å²) in [7, 11) is 1.83. The first kappa shape index (κ1) is 12.5. The van der Waals surface area contributed by atoms with E-state index in [0.29, 0.717) is 0 Å². The average Bonchev–Trinajstić information content (AvgIpc) is 2.46. The van der Waals surface area contributed by atoms with Crippen LogP contribution in [-0.4, -0.2) is 15.0 Å². The molecule has 0 aromatic carbocycles. The van der Waals surface area contributed by atoms with E-state index in [0.717, 1.165) is 0 Å². The monoisotopic (exact) mass is 155 g/mol. The SMILES string of the molecule is C=CC.CC.Cn1ccnn1. The van der Waals surface area contributed by atoms with Crippen molar-refractivity contribution in [3.05, 3.63) is 25.0 Å². The molecule has 11 heavy (non-hydrogen) atoms. The fourth-order valence-electron chi connectivity index (χ4n) is 0.267. The Labute approximate surface area is 68.7 Å². The van der Waals surface area contributed by atoms with Crippen LogP contribution in [0.5, 0.6) is 0 Å². The Morgan fingerprint density at radius 1 is 1.45 bits per heavy atom. The normalized spacial score (nSPS) is 6.55. The van der Waals surface area contributed by atoms with Crippen molar-refractivity contribution in [2.75, 3.05) is 0 Å². The minimum absolute atomic E-state index is 1.64. The minimum atomic E-state index is 1.64. The first-order valence-corrected chi connectivity index (χ1v) is 3.68. The second-order valence-electron chi connectivity index (χ2n) is 1.48. The van der Waals surface area contributed by atoms with Gasteiger partial charge in [0.15, 0.2) is 0 Å². The summed E-state index contributed by atoms with van der Waals surface area (Å²) in [6.07, 6.45) is 5.17. The van der Waals surface area contributed by atoms with Gasteiger partial charge in [0.2, 0.25) is 0 Å². The summed E-state index contributed by atoms with van der Waals surface area (Å²) in [5.74, 6) is 0. The van der Waals surface area contributed by atoms with Gasteiger partial charge in [0.1, 0.15) is 0 Å². The van der Waals surface area contributed by atoms with Crippen molar-refractivity contribution >= 4 is 0 Å². The van der Waals surface area contributed by atoms with Crippen LogP contribution in [0.25, 0.3) is 0 Å². The fraction of sp³-hybridized carbons (Fsp3) is 0.500. The highest BCUT2D eigenvalue weighted by atomic mass is 15.4. The van der Waals surface area contributed by atoms with Crippen LogP contribution >= 0.6 is 0 Å². The van der Waals surface area contributed by atoms with Gasteiger partial charge in [-0.05, 0) is 6.92 Å². The molecule has 0 fully saturated rings. The maximum Gasteiger partial charge on any atom is 0.0692 e. The molecule has 3 nitrogen and oxygen atoms in total. The Balaban J connectivity index is 0. The zero-order valence-electron chi connectivity index (χ0n) is 7.78. The van der Waals surface area contributed by atoms with Crippen LogP contribution in [0.1, 0.15) is 20.8 Å². The summed E-state index contributed by atoms with van der Waals surface area (Å²) in [6, 6.07) is 0. The van der Waals surface area contributed by atoms with Crippen LogP contribution < -0.4 is 0 Å². The molecule has 0 atom stereocenters. The zero-order valence-corrected chi connectivity index (χ0v) is 7.78. The molecule has 0 amide bonds. The molecule has 0 N–H and O–H groups in total. The maximum atomic E-state index is 3.58. The third-order valence-corrected chi connectivity index (χ3v) is 0.542. The van der Waals surface area contributed by atoms with Crippen molar-refractivity contribution in [3.8, 4) is 0 Å². The Morgan fingerprint density at radius 2 is 1.91 bits per heavy atom. The number of rotatable bonds is 0. The average molecular weight is 155 g/mol. The van der Waals surface area contributed by atoms with Gasteiger partial charge in [-0.25, -0.2) is 0 Å². The molecule has 1 rings (SSSR count). The zero-order chi connectivity index (χ0) is 9.11. The van der Waals surface area contributed by atoms with Crippen LogP contribution in [-0.2, 0) is 7.05 Å². The highest BCUT2D eigenvalue weighted by Crippen LogP contribution is 1.66. The Morgan fingerprint density at radius 3 is 2.00 bits per heavy atom. The van der Waals surface area contributed by atoms with Gasteiger partial charge < -0.3 is 0 Å². The van der Waals surface area contributed by atoms with Crippen molar-refractivity contribution in [2.45, 2.75) is 20.8 Å². The van der Waals surface area contributed by atoms with Crippen LogP contribution in [0.15, 0.2) is 25.0 Å². The van der Waals surface area contributed by atoms with Gasteiger partial charge in [-0.3, -0.25) is 4.68 Å². The first-order chi connectivity index (χ1) is 5.31. The Hall–Kier alpha value is -1.12. The molecule has 0 aliphatic carbocycles. The second kappa shape index (κ2) is 11.6. The predicted molar refractivity (Wildman–Crippen MR) is 48.2 cm³/mol. The molecule has 0 unspecified atom stereocenters. The van der Waals surface area contributed by atoms with E-state index in [1.54, 1.807) is 23.2 Å². The van der Waals surface area contributed by atoms with E-state index in [1.807, 2.05) is 27.8 Å². The van der Waals surface area contributed by atoms with E-state index >= 15 is 0 Å². The molecule has 1 aromatic heterocycles. The van der Waals surface area contributed by atoms with Gasteiger partial charge in [0.05, 0.1) is 6.20 Å². The number of aryl methyl sites for hydroxylation is 1. The molecule has 0 saturated heterocycles. The summed E-state index contributed by atoms with van der Waals surface area (Å²) >= 11 is 0. The van der Waals surface area contributed by atoms with Gasteiger partial charge in [0, 0.05) is 13.2 Å². The number of nitrogens with zero attached hydrogens (tertiary/aromatic N) is 3. The Kier molecular flexibility index (Phi) is 13.3.